The first-order valence-electron chi connectivity index (χ1n) is 8.02. The maximum absolute atomic E-state index is 12.9. The summed E-state index contributed by atoms with van der Waals surface area (Å²) in [6, 6.07) is 7.63. The number of hydrogen-bond acceptors (Lipinski definition) is 5. The Morgan fingerprint density at radius 1 is 1.48 bits per heavy atom. The number of rotatable bonds is 6. The highest BCUT2D eigenvalue weighted by Crippen LogP contribution is 2.27. The average molecular weight is 357 g/mol. The van der Waals surface area contributed by atoms with Crippen LogP contribution in [0.25, 0.3) is 21.9 Å². The largest absolute Gasteiger partial charge is 0.465 e. The average Bonchev–Trinajstić information content (AvgIpc) is 2.97. The number of hydrogen-bond donors (Lipinski definition) is 1. The number of H-pyrrole nitrogens is 1. The summed E-state index contributed by atoms with van der Waals surface area (Å²) in [5, 5.41) is 0.888. The van der Waals surface area contributed by atoms with Gasteiger partial charge in [0.2, 0.25) is 0 Å². The number of thioether (sulfide) groups is 1. The molecule has 1 N–H and O–H groups in total. The fourth-order valence-electron chi connectivity index (χ4n) is 2.62. The number of nitrogens with zero attached hydrogens (tertiary/aromatic N) is 2. The van der Waals surface area contributed by atoms with Crippen LogP contribution in [0.2, 0.25) is 0 Å². The van der Waals surface area contributed by atoms with E-state index >= 15 is 0 Å². The molecule has 2 heterocycles. The molecule has 1 aromatic carbocycles. The van der Waals surface area contributed by atoms with Gasteiger partial charge in [-0.15, -0.1) is 6.58 Å². The summed E-state index contributed by atoms with van der Waals surface area (Å²) in [6.07, 6.45) is 1.64. The molecule has 0 amide bonds. The molecule has 0 saturated heterocycles. The molecule has 7 heteroatoms. The van der Waals surface area contributed by atoms with Crippen LogP contribution in [-0.2, 0) is 16.1 Å². The van der Waals surface area contributed by atoms with Crippen LogP contribution in [0.5, 0.6) is 0 Å². The zero-order valence-electron chi connectivity index (χ0n) is 14.1. The van der Waals surface area contributed by atoms with Gasteiger partial charge in [0, 0.05) is 17.4 Å². The number of allylic oxidation sites excluding steroid dienone is 1. The molecule has 2 aromatic heterocycles. The van der Waals surface area contributed by atoms with E-state index < -0.39 is 5.25 Å². The SMILES string of the molecule is C=CCn1c(S[C@@H](C)C(=O)OCC)nc2c([nH]c3ccccc32)c1=O. The van der Waals surface area contributed by atoms with Crippen LogP contribution in [0.15, 0.2) is 46.9 Å². The molecule has 0 bridgehead atoms. The van der Waals surface area contributed by atoms with Crippen molar-refractivity contribution in [1.82, 2.24) is 14.5 Å². The van der Waals surface area contributed by atoms with Gasteiger partial charge in [0.25, 0.3) is 5.56 Å². The van der Waals surface area contributed by atoms with Crippen LogP contribution in [-0.4, -0.2) is 32.4 Å². The van der Waals surface area contributed by atoms with E-state index in [1.807, 2.05) is 24.3 Å². The van der Waals surface area contributed by atoms with E-state index in [0.717, 1.165) is 10.9 Å². The third-order valence-electron chi connectivity index (χ3n) is 3.79. The molecule has 130 valence electrons. The van der Waals surface area contributed by atoms with Gasteiger partial charge >= 0.3 is 5.97 Å². The number of aromatic amines is 1. The van der Waals surface area contributed by atoms with Gasteiger partial charge in [0.15, 0.2) is 5.16 Å². The molecule has 0 aliphatic carbocycles. The van der Waals surface area contributed by atoms with Crippen molar-refractivity contribution in [3.05, 3.63) is 47.3 Å². The molecule has 0 radical (unpaired) electrons. The quantitative estimate of drug-likeness (QED) is 0.317. The molecule has 0 unspecified atom stereocenters. The zero-order valence-corrected chi connectivity index (χ0v) is 14.9. The molecular formula is C18H19N3O3S. The van der Waals surface area contributed by atoms with Gasteiger partial charge in [0.05, 0.1) is 6.61 Å². The lowest BCUT2D eigenvalue weighted by Gasteiger charge is -2.13. The first kappa shape index (κ1) is 17.3. The smallest absolute Gasteiger partial charge is 0.319 e. The first-order valence-corrected chi connectivity index (χ1v) is 8.90. The fourth-order valence-corrected chi connectivity index (χ4v) is 3.53. The Morgan fingerprint density at radius 3 is 2.96 bits per heavy atom. The monoisotopic (exact) mass is 357 g/mol. The number of aromatic nitrogens is 3. The molecule has 0 aliphatic rings. The highest BCUT2D eigenvalue weighted by Gasteiger charge is 2.21. The number of carbonyl (C=O) groups is 1. The lowest BCUT2D eigenvalue weighted by Crippen LogP contribution is -2.25. The highest BCUT2D eigenvalue weighted by molar-refractivity contribution is 8.00. The molecule has 3 aromatic rings. The molecule has 1 atom stereocenters. The fraction of sp³-hybridized carbons (Fsp3) is 0.278. The van der Waals surface area contributed by atoms with Crippen LogP contribution in [0, 0.1) is 0 Å². The number of nitrogens with one attached hydrogen (secondary N) is 1. The van der Waals surface area contributed by atoms with E-state index in [9.17, 15) is 9.59 Å². The second-order valence-electron chi connectivity index (χ2n) is 5.51. The maximum Gasteiger partial charge on any atom is 0.319 e. The molecule has 25 heavy (non-hydrogen) atoms. The summed E-state index contributed by atoms with van der Waals surface area (Å²) in [7, 11) is 0. The Bertz CT molecular complexity index is 1010. The molecule has 0 aliphatic heterocycles. The van der Waals surface area contributed by atoms with Gasteiger partial charge in [-0.25, -0.2) is 4.98 Å². The van der Waals surface area contributed by atoms with E-state index in [1.165, 1.54) is 16.3 Å². The van der Waals surface area contributed by atoms with Gasteiger partial charge in [0.1, 0.15) is 16.3 Å². The van der Waals surface area contributed by atoms with Crippen molar-refractivity contribution >= 4 is 39.7 Å². The molecule has 6 nitrogen and oxygen atoms in total. The van der Waals surface area contributed by atoms with Crippen molar-refractivity contribution in [2.75, 3.05) is 6.61 Å². The number of fused-ring (bicyclic) bond motifs is 3. The third kappa shape index (κ3) is 3.19. The van der Waals surface area contributed by atoms with E-state index in [1.54, 1.807) is 19.9 Å². The minimum absolute atomic E-state index is 0.181. The molecule has 0 saturated carbocycles. The minimum Gasteiger partial charge on any atom is -0.465 e. The number of esters is 1. The predicted molar refractivity (Wildman–Crippen MR) is 100 cm³/mol. The van der Waals surface area contributed by atoms with Crippen molar-refractivity contribution in [2.45, 2.75) is 30.8 Å². The maximum atomic E-state index is 12.9. The van der Waals surface area contributed by atoms with E-state index in [-0.39, 0.29) is 11.5 Å². The summed E-state index contributed by atoms with van der Waals surface area (Å²) in [5.41, 5.74) is 1.74. The predicted octanol–water partition coefficient (Wildman–Crippen LogP) is 3.11. The molecule has 3 rings (SSSR count). The normalized spacial score (nSPS) is 12.4. The summed E-state index contributed by atoms with van der Waals surface area (Å²) in [5.74, 6) is -0.328. The van der Waals surface area contributed by atoms with Crippen molar-refractivity contribution < 1.29 is 9.53 Å². The first-order chi connectivity index (χ1) is 12.1. The third-order valence-corrected chi connectivity index (χ3v) is 4.86. The number of ether oxygens (including phenoxy) is 1. The number of para-hydroxylation sites is 1. The standard InChI is InChI=1S/C18H19N3O3S/c1-4-10-21-16(22)15-14(12-8-6-7-9-13(12)19-15)20-18(21)25-11(3)17(23)24-5-2/h4,6-9,11,19H,1,5,10H2,2-3H3/t11-/m0/s1. The lowest BCUT2D eigenvalue weighted by atomic mass is 10.2. The number of carbonyl (C=O) groups excluding carboxylic acids is 1. The molecular weight excluding hydrogens is 338 g/mol. The van der Waals surface area contributed by atoms with E-state index in [0.29, 0.717) is 29.3 Å². The van der Waals surface area contributed by atoms with Crippen LogP contribution in [0.1, 0.15) is 13.8 Å². The summed E-state index contributed by atoms with van der Waals surface area (Å²) in [4.78, 5) is 32.6. The minimum atomic E-state index is -0.467. The van der Waals surface area contributed by atoms with Crippen molar-refractivity contribution in [3.63, 3.8) is 0 Å². The van der Waals surface area contributed by atoms with Crippen LogP contribution in [0.4, 0.5) is 0 Å². The number of benzene rings is 1. The van der Waals surface area contributed by atoms with E-state index in [4.69, 9.17) is 4.74 Å². The van der Waals surface area contributed by atoms with Crippen molar-refractivity contribution in [2.24, 2.45) is 0 Å². The molecule has 0 fully saturated rings. The van der Waals surface area contributed by atoms with Gasteiger partial charge in [-0.2, -0.15) is 0 Å². The van der Waals surface area contributed by atoms with Crippen molar-refractivity contribution in [1.29, 1.82) is 0 Å². The van der Waals surface area contributed by atoms with Crippen LogP contribution in [0.3, 0.4) is 0 Å². The Balaban J connectivity index is 2.16. The van der Waals surface area contributed by atoms with Gasteiger partial charge < -0.3 is 9.72 Å². The summed E-state index contributed by atoms with van der Waals surface area (Å²) < 4.78 is 6.57. The Labute approximate surface area is 148 Å². The highest BCUT2D eigenvalue weighted by atomic mass is 32.2. The zero-order chi connectivity index (χ0) is 18.0. The van der Waals surface area contributed by atoms with Gasteiger partial charge in [-0.1, -0.05) is 36.0 Å². The second kappa shape index (κ2) is 7.14. The second-order valence-corrected chi connectivity index (χ2v) is 6.81. The van der Waals surface area contributed by atoms with E-state index in [2.05, 4.69) is 16.5 Å². The summed E-state index contributed by atoms with van der Waals surface area (Å²) in [6.45, 7) is 7.84. The van der Waals surface area contributed by atoms with Gasteiger partial charge in [-0.05, 0) is 19.9 Å². The molecule has 0 spiro atoms. The van der Waals surface area contributed by atoms with Crippen LogP contribution >= 0.6 is 11.8 Å². The van der Waals surface area contributed by atoms with Crippen LogP contribution < -0.4 is 5.56 Å². The van der Waals surface area contributed by atoms with Gasteiger partial charge in [-0.3, -0.25) is 14.2 Å². The Morgan fingerprint density at radius 2 is 2.24 bits per heavy atom. The summed E-state index contributed by atoms with van der Waals surface area (Å²) >= 11 is 1.21. The lowest BCUT2D eigenvalue weighted by molar-refractivity contribution is -0.142. The Hall–Kier alpha value is -2.54. The Kier molecular flexibility index (Phi) is 4.94. The van der Waals surface area contributed by atoms with Crippen molar-refractivity contribution in [3.8, 4) is 0 Å². The topological polar surface area (TPSA) is 77.0 Å².